The predicted molar refractivity (Wildman–Crippen MR) is 96.8 cm³/mol. The van der Waals surface area contributed by atoms with Gasteiger partial charge in [0.15, 0.2) is 0 Å². The molecule has 1 aromatic rings. The van der Waals surface area contributed by atoms with E-state index in [0.29, 0.717) is 19.1 Å². The molecule has 3 rings (SSSR count). The Hall–Kier alpha value is -0.980. The molecule has 2 heterocycles. The number of rotatable bonds is 6. The molecule has 0 bridgehead atoms. The highest BCUT2D eigenvalue weighted by Gasteiger charge is 2.33. The highest BCUT2D eigenvalue weighted by Crippen LogP contribution is 2.37. The number of hydrogen-bond acceptors (Lipinski definition) is 5. The number of nitrogens with one attached hydrogen (secondary N) is 2. The maximum absolute atomic E-state index is 12.7. The van der Waals surface area contributed by atoms with Crippen molar-refractivity contribution in [3.05, 3.63) is 15.6 Å². The molecule has 6 heteroatoms. The van der Waals surface area contributed by atoms with E-state index in [9.17, 15) is 4.79 Å². The van der Waals surface area contributed by atoms with Crippen LogP contribution in [0.15, 0.2) is 0 Å². The van der Waals surface area contributed by atoms with E-state index in [4.69, 9.17) is 4.74 Å². The van der Waals surface area contributed by atoms with Gasteiger partial charge >= 0.3 is 0 Å². The molecule has 1 aliphatic carbocycles. The number of ether oxygens (including phenoxy) is 1. The smallest absolute Gasteiger partial charge is 0.263 e. The van der Waals surface area contributed by atoms with Crippen molar-refractivity contribution in [2.75, 3.05) is 33.4 Å². The monoisotopic (exact) mass is 351 g/mol. The Morgan fingerprint density at radius 1 is 1.38 bits per heavy atom. The summed E-state index contributed by atoms with van der Waals surface area (Å²) in [4.78, 5) is 18.2. The molecular weight excluding hydrogens is 322 g/mol. The second-order valence-electron chi connectivity index (χ2n) is 7.31. The van der Waals surface area contributed by atoms with E-state index in [-0.39, 0.29) is 11.3 Å². The van der Waals surface area contributed by atoms with Crippen LogP contribution in [0.5, 0.6) is 0 Å². The molecule has 1 aromatic heterocycles. The van der Waals surface area contributed by atoms with Crippen LogP contribution in [-0.2, 0) is 4.74 Å². The Morgan fingerprint density at radius 2 is 2.08 bits per heavy atom. The third-order valence-electron chi connectivity index (χ3n) is 5.46. The standard InChI is InChI=1S/C18H29N3O2S/c1-13-15(24-17(21-13)14-5-3-4-6-14)16(22)20-11-18(12-23-2)7-9-19-10-8-18/h14,19H,3-12H2,1-2H3,(H,20,22). The molecule has 2 aliphatic rings. The first-order chi connectivity index (χ1) is 11.6. The summed E-state index contributed by atoms with van der Waals surface area (Å²) in [7, 11) is 1.74. The van der Waals surface area contributed by atoms with Crippen LogP contribution < -0.4 is 10.6 Å². The van der Waals surface area contributed by atoms with Crippen LogP contribution in [0.3, 0.4) is 0 Å². The average Bonchev–Trinajstić information content (AvgIpc) is 3.23. The summed E-state index contributed by atoms with van der Waals surface area (Å²) < 4.78 is 5.43. The zero-order valence-corrected chi connectivity index (χ0v) is 15.6. The number of methoxy groups -OCH3 is 1. The maximum Gasteiger partial charge on any atom is 0.263 e. The molecule has 24 heavy (non-hydrogen) atoms. The minimum absolute atomic E-state index is 0.0308. The number of aryl methyl sites for hydroxylation is 1. The third kappa shape index (κ3) is 3.98. The van der Waals surface area contributed by atoms with Gasteiger partial charge in [-0.1, -0.05) is 12.8 Å². The first kappa shape index (κ1) is 17.8. The number of amides is 1. The summed E-state index contributed by atoms with van der Waals surface area (Å²) in [5.74, 6) is 0.600. The predicted octanol–water partition coefficient (Wildman–Crippen LogP) is 2.86. The van der Waals surface area contributed by atoms with Gasteiger partial charge in [-0.15, -0.1) is 11.3 Å². The van der Waals surface area contributed by atoms with Gasteiger partial charge in [0.25, 0.3) is 5.91 Å². The van der Waals surface area contributed by atoms with Crippen molar-refractivity contribution < 1.29 is 9.53 Å². The van der Waals surface area contributed by atoms with Gasteiger partial charge in [0.05, 0.1) is 17.3 Å². The summed E-state index contributed by atoms with van der Waals surface area (Å²) >= 11 is 1.60. The molecule has 1 saturated heterocycles. The Balaban J connectivity index is 1.63. The lowest BCUT2D eigenvalue weighted by molar-refractivity contribution is 0.0512. The largest absolute Gasteiger partial charge is 0.384 e. The lowest BCUT2D eigenvalue weighted by Gasteiger charge is -2.37. The molecule has 0 aromatic carbocycles. The van der Waals surface area contributed by atoms with Gasteiger partial charge in [0.2, 0.25) is 0 Å². The molecule has 2 N–H and O–H groups in total. The van der Waals surface area contributed by atoms with Crippen molar-refractivity contribution >= 4 is 17.2 Å². The van der Waals surface area contributed by atoms with Gasteiger partial charge in [-0.2, -0.15) is 0 Å². The van der Waals surface area contributed by atoms with Crippen molar-refractivity contribution in [3.63, 3.8) is 0 Å². The lowest BCUT2D eigenvalue weighted by Crippen LogP contribution is -2.47. The number of aromatic nitrogens is 1. The minimum Gasteiger partial charge on any atom is -0.384 e. The lowest BCUT2D eigenvalue weighted by atomic mass is 9.79. The number of carbonyl (C=O) groups is 1. The first-order valence-electron chi connectivity index (χ1n) is 9.09. The highest BCUT2D eigenvalue weighted by molar-refractivity contribution is 7.13. The van der Waals surface area contributed by atoms with Gasteiger partial charge in [0, 0.05) is 25.0 Å². The third-order valence-corrected chi connectivity index (χ3v) is 6.78. The topological polar surface area (TPSA) is 63.2 Å². The zero-order valence-electron chi connectivity index (χ0n) is 14.8. The highest BCUT2D eigenvalue weighted by atomic mass is 32.1. The van der Waals surface area contributed by atoms with E-state index in [1.807, 2.05) is 6.92 Å². The Bertz CT molecular complexity index is 555. The molecule has 0 atom stereocenters. The molecule has 134 valence electrons. The van der Waals surface area contributed by atoms with Crippen LogP contribution in [0, 0.1) is 12.3 Å². The van der Waals surface area contributed by atoms with Crippen molar-refractivity contribution in [2.45, 2.75) is 51.4 Å². The van der Waals surface area contributed by atoms with Crippen molar-refractivity contribution in [1.29, 1.82) is 0 Å². The molecule has 0 unspecified atom stereocenters. The van der Waals surface area contributed by atoms with Crippen LogP contribution in [0.25, 0.3) is 0 Å². The van der Waals surface area contributed by atoms with Gasteiger partial charge in [-0.3, -0.25) is 4.79 Å². The van der Waals surface area contributed by atoms with Gasteiger partial charge in [-0.05, 0) is 45.7 Å². The first-order valence-corrected chi connectivity index (χ1v) is 9.90. The number of piperidine rings is 1. The van der Waals surface area contributed by atoms with E-state index in [1.165, 1.54) is 25.7 Å². The van der Waals surface area contributed by atoms with E-state index >= 15 is 0 Å². The molecule has 1 saturated carbocycles. The van der Waals surface area contributed by atoms with Crippen LogP contribution in [0.1, 0.15) is 64.8 Å². The fourth-order valence-electron chi connectivity index (χ4n) is 3.96. The van der Waals surface area contributed by atoms with Crippen LogP contribution >= 0.6 is 11.3 Å². The van der Waals surface area contributed by atoms with Gasteiger partial charge in [0.1, 0.15) is 4.88 Å². The van der Waals surface area contributed by atoms with Crippen LogP contribution in [0.4, 0.5) is 0 Å². The molecule has 0 radical (unpaired) electrons. The number of carbonyl (C=O) groups excluding carboxylic acids is 1. The van der Waals surface area contributed by atoms with E-state index in [2.05, 4.69) is 15.6 Å². The molecule has 0 spiro atoms. The Labute approximate surface area is 148 Å². The second kappa shape index (κ2) is 7.93. The SMILES string of the molecule is COCC1(CNC(=O)c2sc(C3CCCC3)nc2C)CCNCC1. The Kier molecular flexibility index (Phi) is 5.89. The second-order valence-corrected chi connectivity index (χ2v) is 8.34. The zero-order chi connectivity index (χ0) is 17.0. The van der Waals surface area contributed by atoms with Gasteiger partial charge in [-0.25, -0.2) is 4.98 Å². The summed E-state index contributed by atoms with van der Waals surface area (Å²) in [6.07, 6.45) is 7.10. The van der Waals surface area contributed by atoms with E-state index < -0.39 is 0 Å². The molecule has 5 nitrogen and oxygen atoms in total. The number of thiazole rings is 1. The summed E-state index contributed by atoms with van der Waals surface area (Å²) in [6, 6.07) is 0. The van der Waals surface area contributed by atoms with Crippen molar-refractivity contribution in [3.8, 4) is 0 Å². The van der Waals surface area contributed by atoms with Crippen molar-refractivity contribution in [1.82, 2.24) is 15.6 Å². The quantitative estimate of drug-likeness (QED) is 0.827. The van der Waals surface area contributed by atoms with E-state index in [1.54, 1.807) is 18.4 Å². The fraction of sp³-hybridized carbons (Fsp3) is 0.778. The van der Waals surface area contributed by atoms with Crippen LogP contribution in [0.2, 0.25) is 0 Å². The van der Waals surface area contributed by atoms with Crippen LogP contribution in [-0.4, -0.2) is 44.2 Å². The average molecular weight is 352 g/mol. The molecule has 2 fully saturated rings. The molecule has 1 amide bonds. The number of nitrogens with zero attached hydrogens (tertiary/aromatic N) is 1. The molecule has 1 aliphatic heterocycles. The molecular formula is C18H29N3O2S. The summed E-state index contributed by atoms with van der Waals surface area (Å²) in [5, 5.41) is 7.70. The number of hydrogen-bond donors (Lipinski definition) is 2. The maximum atomic E-state index is 12.7. The summed E-state index contributed by atoms with van der Waals surface area (Å²) in [5.41, 5.74) is 0.938. The fourth-order valence-corrected chi connectivity index (χ4v) is 5.11. The summed E-state index contributed by atoms with van der Waals surface area (Å²) in [6.45, 7) is 5.32. The Morgan fingerprint density at radius 3 is 2.75 bits per heavy atom. The van der Waals surface area contributed by atoms with Crippen molar-refractivity contribution in [2.24, 2.45) is 5.41 Å². The minimum atomic E-state index is 0.0308. The van der Waals surface area contributed by atoms with E-state index in [0.717, 1.165) is 41.5 Å². The normalized spacial score (nSPS) is 21.1. The van der Waals surface area contributed by atoms with Gasteiger partial charge < -0.3 is 15.4 Å².